The Morgan fingerprint density at radius 1 is 1.12 bits per heavy atom. The minimum Gasteiger partial charge on any atom is -0.477 e. The van der Waals surface area contributed by atoms with E-state index in [4.69, 9.17) is 9.26 Å². The van der Waals surface area contributed by atoms with Gasteiger partial charge >= 0.3 is 19.5 Å². The number of hydrogen-bond donors (Lipinski definition) is 2. The topological polar surface area (TPSA) is 102 Å². The first-order valence-corrected chi connectivity index (χ1v) is 12.9. The second kappa shape index (κ2) is 10.3. The van der Waals surface area contributed by atoms with Gasteiger partial charge in [-0.05, 0) is 61.5 Å². The molecule has 0 fully saturated rings. The quantitative estimate of drug-likeness (QED) is 0.287. The fourth-order valence-corrected chi connectivity index (χ4v) is 5.95. The van der Waals surface area contributed by atoms with Crippen LogP contribution in [-0.4, -0.2) is 29.2 Å². The van der Waals surface area contributed by atoms with Crippen LogP contribution >= 0.6 is 18.9 Å². The van der Waals surface area contributed by atoms with Crippen molar-refractivity contribution in [3.63, 3.8) is 0 Å². The number of nitrogens with one attached hydrogen (secondary N) is 1. The number of carboxylic acid groups (broad SMARTS) is 1. The summed E-state index contributed by atoms with van der Waals surface area (Å²) in [4.78, 5) is 23.9. The molecule has 3 rings (SSSR count). The van der Waals surface area contributed by atoms with E-state index < -0.39 is 25.5 Å². The number of carbonyl (C=O) groups excluding carboxylic acids is 1. The summed E-state index contributed by atoms with van der Waals surface area (Å²) >= 11 is 1.18. The number of carbonyl (C=O) groups is 2. The molecule has 2 aromatic carbocycles. The zero-order valence-corrected chi connectivity index (χ0v) is 19.8. The van der Waals surface area contributed by atoms with Gasteiger partial charge in [0.05, 0.1) is 12.3 Å². The van der Waals surface area contributed by atoms with Crippen molar-refractivity contribution in [3.8, 4) is 5.75 Å². The predicted octanol–water partition coefficient (Wildman–Crippen LogP) is 5.69. The highest BCUT2D eigenvalue weighted by Crippen LogP contribution is 2.47. The molecule has 0 saturated carbocycles. The first-order chi connectivity index (χ1) is 15.2. The number of hydrogen-bond acceptors (Lipinski definition) is 6. The normalized spacial score (nSPS) is 15.0. The molecule has 7 nitrogen and oxygen atoms in total. The Hall–Kier alpha value is -2.67. The molecule has 32 heavy (non-hydrogen) atoms. The van der Waals surface area contributed by atoms with E-state index in [1.165, 1.54) is 11.3 Å². The second-order valence-electron chi connectivity index (χ2n) is 7.53. The fraction of sp³-hybridized carbons (Fsp3) is 0.304. The number of benzene rings is 2. The highest BCUT2D eigenvalue weighted by Gasteiger charge is 2.31. The number of para-hydroxylation sites is 1. The lowest BCUT2D eigenvalue weighted by molar-refractivity contribution is -0.149. The van der Waals surface area contributed by atoms with Crippen molar-refractivity contribution in [1.29, 1.82) is 0 Å². The average Bonchev–Trinajstić information content (AvgIpc) is 3.17. The smallest absolute Gasteiger partial charge is 0.345 e. The molecule has 3 atom stereocenters. The standard InChI is InChI=1S/C23H26NO6PS/c1-4-15(2)29-23(27)16(3)24-31(28,30-19-8-6-5-7-9-19)14-17-10-11-20-18(12-17)13-21(32-20)22(25)26/h5-13,15-16H,4,14H2,1-3H3,(H,24,28)(H,25,26)/t15-,16+,31?/m1/s1. The Kier molecular flexibility index (Phi) is 7.72. The van der Waals surface area contributed by atoms with Gasteiger partial charge in [0.15, 0.2) is 0 Å². The monoisotopic (exact) mass is 475 g/mol. The summed E-state index contributed by atoms with van der Waals surface area (Å²) in [5.41, 5.74) is 0.696. The van der Waals surface area contributed by atoms with Gasteiger partial charge in [0, 0.05) is 4.70 Å². The molecule has 1 unspecified atom stereocenters. The third kappa shape index (κ3) is 6.19. The molecular formula is C23H26NO6PS. The van der Waals surface area contributed by atoms with E-state index in [1.807, 2.05) is 13.0 Å². The van der Waals surface area contributed by atoms with Gasteiger partial charge in [-0.25, -0.2) is 9.88 Å². The molecule has 1 aromatic heterocycles. The number of ether oxygens (including phenoxy) is 1. The summed E-state index contributed by atoms with van der Waals surface area (Å²) in [6.07, 6.45) is 0.442. The van der Waals surface area contributed by atoms with E-state index in [0.29, 0.717) is 17.7 Å². The summed E-state index contributed by atoms with van der Waals surface area (Å²) in [6, 6.07) is 14.9. The Labute approximate surface area is 190 Å². The Morgan fingerprint density at radius 3 is 2.50 bits per heavy atom. The van der Waals surface area contributed by atoms with Crippen molar-refractivity contribution in [2.75, 3.05) is 0 Å². The van der Waals surface area contributed by atoms with Crippen LogP contribution in [0.4, 0.5) is 0 Å². The maximum atomic E-state index is 13.8. The largest absolute Gasteiger partial charge is 0.477 e. The van der Waals surface area contributed by atoms with Gasteiger partial charge in [-0.1, -0.05) is 31.2 Å². The van der Waals surface area contributed by atoms with Crippen LogP contribution < -0.4 is 9.61 Å². The van der Waals surface area contributed by atoms with Gasteiger partial charge < -0.3 is 14.4 Å². The number of esters is 1. The summed E-state index contributed by atoms with van der Waals surface area (Å²) in [6.45, 7) is 5.30. The fourth-order valence-electron chi connectivity index (χ4n) is 3.02. The number of carboxylic acids is 1. The minimum atomic E-state index is -3.58. The SMILES string of the molecule is CC[C@@H](C)OC(=O)[C@H](C)NP(=O)(Cc1ccc2sc(C(=O)O)cc2c1)Oc1ccccc1. The molecule has 170 valence electrons. The Balaban J connectivity index is 1.86. The van der Waals surface area contributed by atoms with E-state index in [0.717, 1.165) is 10.1 Å². The van der Waals surface area contributed by atoms with Gasteiger partial charge in [-0.15, -0.1) is 11.3 Å². The molecule has 3 aromatic rings. The molecule has 0 spiro atoms. The summed E-state index contributed by atoms with van der Waals surface area (Å²) in [5, 5.41) is 12.8. The lowest BCUT2D eigenvalue weighted by Crippen LogP contribution is -2.36. The highest BCUT2D eigenvalue weighted by atomic mass is 32.1. The van der Waals surface area contributed by atoms with E-state index in [1.54, 1.807) is 62.4 Å². The van der Waals surface area contributed by atoms with Gasteiger partial charge in [-0.2, -0.15) is 0 Å². The average molecular weight is 476 g/mol. The molecular weight excluding hydrogens is 449 g/mol. The number of rotatable bonds is 10. The Bertz CT molecular complexity index is 1150. The summed E-state index contributed by atoms with van der Waals surface area (Å²) < 4.78 is 25.9. The molecule has 0 aliphatic carbocycles. The first-order valence-electron chi connectivity index (χ1n) is 10.3. The molecule has 0 amide bonds. The minimum absolute atomic E-state index is 0.0109. The van der Waals surface area contributed by atoms with Crippen LogP contribution in [0.15, 0.2) is 54.6 Å². The van der Waals surface area contributed by atoms with Gasteiger partial charge in [0.25, 0.3) is 0 Å². The molecule has 0 saturated heterocycles. The third-order valence-electron chi connectivity index (χ3n) is 4.81. The van der Waals surface area contributed by atoms with Crippen LogP contribution in [0.5, 0.6) is 5.75 Å². The maximum absolute atomic E-state index is 13.8. The van der Waals surface area contributed by atoms with Crippen LogP contribution in [0.3, 0.4) is 0 Å². The van der Waals surface area contributed by atoms with Crippen molar-refractivity contribution in [3.05, 3.63) is 65.0 Å². The molecule has 9 heteroatoms. The third-order valence-corrected chi connectivity index (χ3v) is 7.99. The van der Waals surface area contributed by atoms with Crippen molar-refractivity contribution >= 4 is 40.9 Å². The molecule has 0 radical (unpaired) electrons. The van der Waals surface area contributed by atoms with E-state index in [2.05, 4.69) is 5.09 Å². The lowest BCUT2D eigenvalue weighted by atomic mass is 10.2. The first kappa shape index (κ1) is 24.0. The summed E-state index contributed by atoms with van der Waals surface area (Å²) in [7, 11) is -3.58. The number of fused-ring (bicyclic) bond motifs is 1. The number of thiophene rings is 1. The lowest BCUT2D eigenvalue weighted by Gasteiger charge is -2.24. The van der Waals surface area contributed by atoms with Crippen LogP contribution in [-0.2, 0) is 20.3 Å². The van der Waals surface area contributed by atoms with Crippen molar-refractivity contribution in [1.82, 2.24) is 5.09 Å². The van der Waals surface area contributed by atoms with E-state index >= 15 is 0 Å². The molecule has 0 bridgehead atoms. The van der Waals surface area contributed by atoms with Gasteiger partial charge in [0.1, 0.15) is 16.7 Å². The predicted molar refractivity (Wildman–Crippen MR) is 126 cm³/mol. The Morgan fingerprint density at radius 2 is 1.84 bits per heavy atom. The molecule has 0 aliphatic rings. The van der Waals surface area contributed by atoms with Crippen molar-refractivity contribution in [2.45, 2.75) is 45.5 Å². The zero-order chi connectivity index (χ0) is 23.3. The highest BCUT2D eigenvalue weighted by molar-refractivity contribution is 7.56. The maximum Gasteiger partial charge on any atom is 0.345 e. The molecule has 2 N–H and O–H groups in total. The van der Waals surface area contributed by atoms with Crippen molar-refractivity contribution in [2.24, 2.45) is 0 Å². The van der Waals surface area contributed by atoms with Crippen LogP contribution in [0.1, 0.15) is 42.4 Å². The van der Waals surface area contributed by atoms with Crippen LogP contribution in [0.2, 0.25) is 0 Å². The van der Waals surface area contributed by atoms with E-state index in [9.17, 15) is 19.3 Å². The summed E-state index contributed by atoms with van der Waals surface area (Å²) in [5.74, 6) is -1.08. The molecule has 1 heterocycles. The second-order valence-corrected chi connectivity index (χ2v) is 10.7. The van der Waals surface area contributed by atoms with Gasteiger partial charge in [0.2, 0.25) is 0 Å². The molecule has 0 aliphatic heterocycles. The van der Waals surface area contributed by atoms with E-state index in [-0.39, 0.29) is 17.1 Å². The van der Waals surface area contributed by atoms with Crippen LogP contribution in [0, 0.1) is 0 Å². The van der Waals surface area contributed by atoms with Gasteiger partial charge in [-0.3, -0.25) is 9.36 Å². The van der Waals surface area contributed by atoms with Crippen LogP contribution in [0.25, 0.3) is 10.1 Å². The zero-order valence-electron chi connectivity index (χ0n) is 18.1. The van der Waals surface area contributed by atoms with Crippen molar-refractivity contribution < 1.29 is 28.5 Å². The number of aromatic carboxylic acids is 1.